The highest BCUT2D eigenvalue weighted by molar-refractivity contribution is 7.11. The van der Waals surface area contributed by atoms with Crippen LogP contribution >= 0.6 is 22.7 Å². The molecule has 2 aromatic rings. The number of hydrogen-bond acceptors (Lipinski definition) is 5. The molecule has 24 heavy (non-hydrogen) atoms. The molecule has 0 aromatic carbocycles. The molecule has 7 heteroatoms. The minimum atomic E-state index is 0.852. The van der Waals surface area contributed by atoms with E-state index in [9.17, 15) is 0 Å². The summed E-state index contributed by atoms with van der Waals surface area (Å²) in [6.45, 7) is 8.02. The zero-order valence-corrected chi connectivity index (χ0v) is 16.6. The van der Waals surface area contributed by atoms with Gasteiger partial charge in [-0.25, -0.2) is 9.97 Å². The summed E-state index contributed by atoms with van der Waals surface area (Å²) < 4.78 is 0. The number of thiazole rings is 2. The summed E-state index contributed by atoms with van der Waals surface area (Å²) in [5.41, 5.74) is 2.27. The van der Waals surface area contributed by atoms with Gasteiger partial charge in [-0.15, -0.1) is 22.7 Å². The van der Waals surface area contributed by atoms with Crippen molar-refractivity contribution in [3.8, 4) is 0 Å². The zero-order chi connectivity index (χ0) is 17.4. The Bertz CT molecular complexity index is 640. The quantitative estimate of drug-likeness (QED) is 0.428. The maximum Gasteiger partial charge on any atom is 0.190 e. The van der Waals surface area contributed by atoms with Gasteiger partial charge in [-0.1, -0.05) is 0 Å². The van der Waals surface area contributed by atoms with Crippen molar-refractivity contribution in [2.75, 3.05) is 20.1 Å². The lowest BCUT2D eigenvalue weighted by Crippen LogP contribution is -2.38. The molecule has 0 spiro atoms. The third kappa shape index (κ3) is 6.20. The molecular weight excluding hydrogens is 338 g/mol. The van der Waals surface area contributed by atoms with Gasteiger partial charge in [-0.2, -0.15) is 0 Å². The fourth-order valence-electron chi connectivity index (χ4n) is 2.28. The largest absolute Gasteiger partial charge is 0.356 e. The van der Waals surface area contributed by atoms with Crippen LogP contribution in [0.2, 0.25) is 0 Å². The second-order valence-electron chi connectivity index (χ2n) is 5.76. The molecule has 132 valence electrons. The van der Waals surface area contributed by atoms with E-state index < -0.39 is 0 Å². The smallest absolute Gasteiger partial charge is 0.190 e. The zero-order valence-electron chi connectivity index (χ0n) is 15.0. The maximum absolute atomic E-state index is 4.56. The molecule has 5 nitrogen and oxygen atoms in total. The minimum absolute atomic E-state index is 0.852. The van der Waals surface area contributed by atoms with Gasteiger partial charge in [-0.05, 0) is 40.0 Å². The van der Waals surface area contributed by atoms with Gasteiger partial charge in [0.2, 0.25) is 0 Å². The normalized spacial score (nSPS) is 11.8. The molecule has 0 amide bonds. The van der Waals surface area contributed by atoms with Crippen LogP contribution in [0.1, 0.15) is 39.1 Å². The Morgan fingerprint density at radius 1 is 1.04 bits per heavy atom. The van der Waals surface area contributed by atoms with Gasteiger partial charge in [0, 0.05) is 42.5 Å². The van der Waals surface area contributed by atoms with Gasteiger partial charge in [0.1, 0.15) is 0 Å². The van der Waals surface area contributed by atoms with Crippen LogP contribution in [-0.2, 0) is 12.8 Å². The van der Waals surface area contributed by atoms with Crippen LogP contribution in [0.15, 0.2) is 10.4 Å². The molecule has 0 saturated carbocycles. The molecule has 0 aliphatic rings. The molecule has 2 heterocycles. The fraction of sp³-hybridized carbons (Fsp3) is 0.588. The van der Waals surface area contributed by atoms with E-state index in [1.165, 1.54) is 14.9 Å². The lowest BCUT2D eigenvalue weighted by Gasteiger charge is -2.11. The predicted octanol–water partition coefficient (Wildman–Crippen LogP) is 3.26. The summed E-state index contributed by atoms with van der Waals surface area (Å²) in [7, 11) is 1.81. The van der Waals surface area contributed by atoms with Gasteiger partial charge >= 0.3 is 0 Å². The van der Waals surface area contributed by atoms with Gasteiger partial charge in [-0.3, -0.25) is 4.99 Å². The number of nitrogens with zero attached hydrogens (tertiary/aromatic N) is 3. The summed E-state index contributed by atoms with van der Waals surface area (Å²) >= 11 is 3.54. The van der Waals surface area contributed by atoms with E-state index in [0.29, 0.717) is 0 Å². The summed E-state index contributed by atoms with van der Waals surface area (Å²) in [4.78, 5) is 14.6. The van der Waals surface area contributed by atoms with Crippen LogP contribution in [0.5, 0.6) is 0 Å². The van der Waals surface area contributed by atoms with Gasteiger partial charge in [0.05, 0.1) is 15.7 Å². The topological polar surface area (TPSA) is 62.2 Å². The van der Waals surface area contributed by atoms with Crippen molar-refractivity contribution in [1.82, 2.24) is 20.6 Å². The van der Waals surface area contributed by atoms with Crippen LogP contribution in [-0.4, -0.2) is 36.1 Å². The Morgan fingerprint density at radius 2 is 1.83 bits per heavy atom. The molecule has 0 fully saturated rings. The van der Waals surface area contributed by atoms with Crippen LogP contribution in [0, 0.1) is 20.8 Å². The molecule has 0 aliphatic heterocycles. The second-order valence-corrected chi connectivity index (χ2v) is 8.00. The summed E-state index contributed by atoms with van der Waals surface area (Å²) in [5.74, 6) is 0.866. The second kappa shape index (κ2) is 9.74. The number of hydrogen-bond donors (Lipinski definition) is 2. The standard InChI is InChI=1S/C17H27N5S2/c1-12-11-23-15(21-12)7-5-6-9-19-17(18-4)20-10-8-16-22-13(2)14(3)24-16/h11H,5-10H2,1-4H3,(H2,18,19,20). The first-order valence-corrected chi connectivity index (χ1v) is 10.1. The maximum atomic E-state index is 4.56. The Balaban J connectivity index is 1.58. The Kier molecular flexibility index (Phi) is 7.65. The van der Waals surface area contributed by atoms with E-state index in [0.717, 1.165) is 56.1 Å². The molecule has 0 aliphatic carbocycles. The summed E-state index contributed by atoms with van der Waals surface area (Å²) in [6, 6.07) is 0. The van der Waals surface area contributed by atoms with Crippen molar-refractivity contribution in [3.05, 3.63) is 31.7 Å². The van der Waals surface area contributed by atoms with E-state index in [1.807, 2.05) is 14.0 Å². The highest BCUT2D eigenvalue weighted by Gasteiger charge is 2.04. The van der Waals surface area contributed by atoms with E-state index in [-0.39, 0.29) is 0 Å². The van der Waals surface area contributed by atoms with Gasteiger partial charge < -0.3 is 10.6 Å². The van der Waals surface area contributed by atoms with Crippen molar-refractivity contribution >= 4 is 28.6 Å². The summed E-state index contributed by atoms with van der Waals surface area (Å²) in [6.07, 6.45) is 4.26. The number of aryl methyl sites for hydroxylation is 4. The highest BCUT2D eigenvalue weighted by Crippen LogP contribution is 2.16. The van der Waals surface area contributed by atoms with Crippen LogP contribution < -0.4 is 10.6 Å². The highest BCUT2D eigenvalue weighted by atomic mass is 32.1. The fourth-order valence-corrected chi connectivity index (χ4v) is 4.03. The average molecular weight is 366 g/mol. The van der Waals surface area contributed by atoms with Crippen molar-refractivity contribution in [2.24, 2.45) is 4.99 Å². The third-order valence-corrected chi connectivity index (χ3v) is 5.86. The van der Waals surface area contributed by atoms with Crippen LogP contribution in [0.3, 0.4) is 0 Å². The van der Waals surface area contributed by atoms with E-state index in [1.54, 1.807) is 22.7 Å². The van der Waals surface area contributed by atoms with E-state index >= 15 is 0 Å². The van der Waals surface area contributed by atoms with E-state index in [2.05, 4.69) is 44.8 Å². The Morgan fingerprint density at radius 3 is 2.46 bits per heavy atom. The molecule has 0 saturated heterocycles. The van der Waals surface area contributed by atoms with E-state index in [4.69, 9.17) is 0 Å². The number of nitrogens with one attached hydrogen (secondary N) is 2. The SMILES string of the molecule is CN=C(NCCCCc1nc(C)cs1)NCCc1nc(C)c(C)s1. The van der Waals surface area contributed by atoms with Crippen LogP contribution in [0.4, 0.5) is 0 Å². The lowest BCUT2D eigenvalue weighted by molar-refractivity contribution is 0.691. The molecule has 2 aromatic heterocycles. The first-order valence-electron chi connectivity index (χ1n) is 8.37. The summed E-state index contributed by atoms with van der Waals surface area (Å²) in [5, 5.41) is 11.3. The van der Waals surface area contributed by atoms with Crippen molar-refractivity contribution in [1.29, 1.82) is 0 Å². The Labute approximate surface area is 152 Å². The minimum Gasteiger partial charge on any atom is -0.356 e. The molecule has 2 rings (SSSR count). The lowest BCUT2D eigenvalue weighted by atomic mass is 10.2. The molecule has 0 bridgehead atoms. The third-order valence-electron chi connectivity index (χ3n) is 3.70. The van der Waals surface area contributed by atoms with Crippen molar-refractivity contribution in [2.45, 2.75) is 46.5 Å². The number of rotatable bonds is 8. The molecule has 0 radical (unpaired) electrons. The molecule has 2 N–H and O–H groups in total. The number of unbranched alkanes of at least 4 members (excludes halogenated alkanes) is 1. The van der Waals surface area contributed by atoms with Crippen molar-refractivity contribution < 1.29 is 0 Å². The number of aliphatic imine (C=N–C) groups is 1. The molecular formula is C17H27N5S2. The van der Waals surface area contributed by atoms with Crippen LogP contribution in [0.25, 0.3) is 0 Å². The first-order chi connectivity index (χ1) is 11.6. The molecule has 0 atom stereocenters. The Hall–Kier alpha value is -1.47. The predicted molar refractivity (Wildman–Crippen MR) is 104 cm³/mol. The monoisotopic (exact) mass is 365 g/mol. The molecule has 0 unspecified atom stereocenters. The van der Waals surface area contributed by atoms with Crippen molar-refractivity contribution in [3.63, 3.8) is 0 Å². The number of aromatic nitrogens is 2. The van der Waals surface area contributed by atoms with Gasteiger partial charge in [0.15, 0.2) is 5.96 Å². The average Bonchev–Trinajstić information content (AvgIpc) is 3.11. The van der Waals surface area contributed by atoms with Gasteiger partial charge in [0.25, 0.3) is 0 Å². The number of guanidine groups is 1. The first kappa shape index (κ1) is 18.9.